The summed E-state index contributed by atoms with van der Waals surface area (Å²) in [4.78, 5) is 14.8. The summed E-state index contributed by atoms with van der Waals surface area (Å²) in [6.07, 6.45) is 1.35. The van der Waals surface area contributed by atoms with Gasteiger partial charge in [0.15, 0.2) is 5.78 Å². The quantitative estimate of drug-likeness (QED) is 0.678. The highest BCUT2D eigenvalue weighted by atomic mass is 16.5. The molecule has 0 aliphatic rings. The molecule has 0 bridgehead atoms. The highest BCUT2D eigenvalue weighted by molar-refractivity contribution is 5.92. The van der Waals surface area contributed by atoms with Crippen LogP contribution in [0.3, 0.4) is 0 Å². The third-order valence-electron chi connectivity index (χ3n) is 1.65. The zero-order chi connectivity index (χ0) is 10.6. The lowest BCUT2D eigenvalue weighted by atomic mass is 10.2. The Balaban J connectivity index is 3.15. The van der Waals surface area contributed by atoms with Gasteiger partial charge in [-0.1, -0.05) is 0 Å². The van der Waals surface area contributed by atoms with E-state index in [0.29, 0.717) is 23.6 Å². The summed E-state index contributed by atoms with van der Waals surface area (Å²) in [6.45, 7) is 3.69. The van der Waals surface area contributed by atoms with E-state index in [-0.39, 0.29) is 5.78 Å². The topological polar surface area (TPSA) is 63.0 Å². The van der Waals surface area contributed by atoms with E-state index in [1.54, 1.807) is 0 Å². The smallest absolute Gasteiger partial charge is 0.178 e. The number of aromatic nitrogens is 1. The molecule has 4 nitrogen and oxygen atoms in total. The maximum absolute atomic E-state index is 11.0. The van der Waals surface area contributed by atoms with Crippen molar-refractivity contribution in [1.29, 1.82) is 5.26 Å². The molecular formula is C10H10N2O2. The molecule has 0 aliphatic heterocycles. The molecule has 1 aromatic heterocycles. The summed E-state index contributed by atoms with van der Waals surface area (Å²) in [6, 6.07) is 3.44. The summed E-state index contributed by atoms with van der Waals surface area (Å²) in [5.74, 6) is 0.269. The Morgan fingerprint density at radius 2 is 2.43 bits per heavy atom. The second kappa shape index (κ2) is 4.38. The lowest BCUT2D eigenvalue weighted by Gasteiger charge is -2.05. The largest absolute Gasteiger partial charge is 0.492 e. The van der Waals surface area contributed by atoms with Gasteiger partial charge < -0.3 is 4.74 Å². The van der Waals surface area contributed by atoms with Crippen molar-refractivity contribution in [3.63, 3.8) is 0 Å². The first kappa shape index (κ1) is 10.2. The fraction of sp³-hybridized carbons (Fsp3) is 0.300. The van der Waals surface area contributed by atoms with Crippen LogP contribution in [0.1, 0.15) is 29.9 Å². The molecule has 0 radical (unpaired) electrons. The van der Waals surface area contributed by atoms with E-state index in [4.69, 9.17) is 10.00 Å². The van der Waals surface area contributed by atoms with E-state index in [1.165, 1.54) is 19.2 Å². The minimum atomic E-state index is -0.143. The SMILES string of the molecule is CCOc1cc(C(C)=O)ncc1C#N. The summed E-state index contributed by atoms with van der Waals surface area (Å²) in [5, 5.41) is 8.72. The number of carbonyl (C=O) groups is 1. The molecule has 0 amide bonds. The molecule has 0 atom stereocenters. The second-order valence-electron chi connectivity index (χ2n) is 2.67. The number of hydrogen-bond donors (Lipinski definition) is 0. The van der Waals surface area contributed by atoms with Gasteiger partial charge in [-0.25, -0.2) is 0 Å². The average molecular weight is 190 g/mol. The van der Waals surface area contributed by atoms with Crippen molar-refractivity contribution in [3.05, 3.63) is 23.5 Å². The highest BCUT2D eigenvalue weighted by Crippen LogP contribution is 2.17. The fourth-order valence-electron chi connectivity index (χ4n) is 0.988. The van der Waals surface area contributed by atoms with Gasteiger partial charge >= 0.3 is 0 Å². The van der Waals surface area contributed by atoms with Crippen LogP contribution in [0, 0.1) is 11.3 Å². The predicted octanol–water partition coefficient (Wildman–Crippen LogP) is 1.55. The van der Waals surface area contributed by atoms with Crippen molar-refractivity contribution in [2.24, 2.45) is 0 Å². The van der Waals surface area contributed by atoms with Gasteiger partial charge in [0.05, 0.1) is 6.61 Å². The lowest BCUT2D eigenvalue weighted by molar-refractivity contribution is 0.101. The molecule has 0 unspecified atom stereocenters. The minimum absolute atomic E-state index is 0.143. The number of nitrogens with zero attached hydrogens (tertiary/aromatic N) is 2. The minimum Gasteiger partial charge on any atom is -0.492 e. The van der Waals surface area contributed by atoms with E-state index in [9.17, 15) is 4.79 Å². The molecule has 1 heterocycles. The van der Waals surface area contributed by atoms with E-state index in [0.717, 1.165) is 0 Å². The molecule has 0 saturated carbocycles. The van der Waals surface area contributed by atoms with Crippen molar-refractivity contribution >= 4 is 5.78 Å². The number of pyridine rings is 1. The van der Waals surface area contributed by atoms with Gasteiger partial charge in [0.25, 0.3) is 0 Å². The van der Waals surface area contributed by atoms with E-state index < -0.39 is 0 Å². The molecular weight excluding hydrogens is 180 g/mol. The normalized spacial score (nSPS) is 9.21. The lowest BCUT2D eigenvalue weighted by Crippen LogP contribution is -2.01. The molecule has 0 aliphatic carbocycles. The van der Waals surface area contributed by atoms with Gasteiger partial charge in [0, 0.05) is 19.2 Å². The molecule has 0 aromatic carbocycles. The van der Waals surface area contributed by atoms with E-state index in [1.807, 2.05) is 13.0 Å². The highest BCUT2D eigenvalue weighted by Gasteiger charge is 2.08. The molecule has 0 fully saturated rings. The number of rotatable bonds is 3. The molecule has 0 N–H and O–H groups in total. The van der Waals surface area contributed by atoms with E-state index in [2.05, 4.69) is 4.98 Å². The third-order valence-corrected chi connectivity index (χ3v) is 1.65. The zero-order valence-electron chi connectivity index (χ0n) is 8.07. The van der Waals surface area contributed by atoms with Gasteiger partial charge in [-0.2, -0.15) is 5.26 Å². The summed E-state index contributed by atoms with van der Waals surface area (Å²) in [5.41, 5.74) is 0.657. The molecule has 4 heteroatoms. The Morgan fingerprint density at radius 1 is 1.71 bits per heavy atom. The molecule has 1 rings (SSSR count). The molecule has 72 valence electrons. The Hall–Kier alpha value is -1.89. The first-order valence-corrected chi connectivity index (χ1v) is 4.23. The van der Waals surface area contributed by atoms with Crippen LogP contribution < -0.4 is 4.74 Å². The monoisotopic (exact) mass is 190 g/mol. The van der Waals surface area contributed by atoms with Gasteiger partial charge in [0.2, 0.25) is 0 Å². The van der Waals surface area contributed by atoms with Crippen LogP contribution in [0.5, 0.6) is 5.75 Å². The van der Waals surface area contributed by atoms with Gasteiger partial charge in [-0.05, 0) is 6.92 Å². The number of ether oxygens (including phenoxy) is 1. The van der Waals surface area contributed by atoms with Gasteiger partial charge in [0.1, 0.15) is 23.1 Å². The standard InChI is InChI=1S/C10H10N2O2/c1-3-14-10-4-9(7(2)13)12-6-8(10)5-11/h4,6H,3H2,1-2H3. The maximum Gasteiger partial charge on any atom is 0.178 e. The van der Waals surface area contributed by atoms with Crippen molar-refractivity contribution in [2.75, 3.05) is 6.61 Å². The van der Waals surface area contributed by atoms with Gasteiger partial charge in [-0.15, -0.1) is 0 Å². The number of carbonyl (C=O) groups excluding carboxylic acids is 1. The van der Waals surface area contributed by atoms with Crippen LogP contribution in [-0.4, -0.2) is 17.4 Å². The number of Topliss-reactive ketones (excluding diaryl/α,β-unsaturated/α-hetero) is 1. The van der Waals surface area contributed by atoms with Crippen LogP contribution in [0.4, 0.5) is 0 Å². The van der Waals surface area contributed by atoms with E-state index >= 15 is 0 Å². The van der Waals surface area contributed by atoms with Crippen molar-refractivity contribution < 1.29 is 9.53 Å². The maximum atomic E-state index is 11.0. The van der Waals surface area contributed by atoms with Crippen LogP contribution >= 0.6 is 0 Å². The summed E-state index contributed by atoms with van der Waals surface area (Å²) < 4.78 is 5.20. The zero-order valence-corrected chi connectivity index (χ0v) is 8.07. The molecule has 0 saturated heterocycles. The summed E-state index contributed by atoms with van der Waals surface area (Å²) >= 11 is 0. The van der Waals surface area contributed by atoms with Crippen LogP contribution in [0.2, 0.25) is 0 Å². The number of nitriles is 1. The molecule has 1 aromatic rings. The molecule has 14 heavy (non-hydrogen) atoms. The fourth-order valence-corrected chi connectivity index (χ4v) is 0.988. The Bertz CT molecular complexity index is 394. The van der Waals surface area contributed by atoms with Crippen molar-refractivity contribution in [1.82, 2.24) is 4.98 Å². The van der Waals surface area contributed by atoms with Crippen molar-refractivity contribution in [2.45, 2.75) is 13.8 Å². The van der Waals surface area contributed by atoms with Gasteiger partial charge in [-0.3, -0.25) is 9.78 Å². The molecule has 0 spiro atoms. The first-order valence-electron chi connectivity index (χ1n) is 4.23. The van der Waals surface area contributed by atoms with Crippen LogP contribution in [-0.2, 0) is 0 Å². The number of ketones is 1. The first-order chi connectivity index (χ1) is 6.69. The average Bonchev–Trinajstić information content (AvgIpc) is 2.18. The Kier molecular flexibility index (Phi) is 3.19. The third kappa shape index (κ3) is 2.07. The number of hydrogen-bond acceptors (Lipinski definition) is 4. The van der Waals surface area contributed by atoms with Crippen molar-refractivity contribution in [3.8, 4) is 11.8 Å². The van der Waals surface area contributed by atoms with Crippen LogP contribution in [0.15, 0.2) is 12.3 Å². The summed E-state index contributed by atoms with van der Waals surface area (Å²) in [7, 11) is 0. The van der Waals surface area contributed by atoms with Crippen LogP contribution in [0.25, 0.3) is 0 Å². The Morgan fingerprint density at radius 3 is 2.93 bits per heavy atom. The predicted molar refractivity (Wildman–Crippen MR) is 50.1 cm³/mol. The second-order valence-corrected chi connectivity index (χ2v) is 2.67. The Labute approximate surface area is 82.1 Å².